The summed E-state index contributed by atoms with van der Waals surface area (Å²) in [4.78, 5) is 18.3. The second kappa shape index (κ2) is 5.76. The maximum Gasteiger partial charge on any atom is 0.252 e. The van der Waals surface area contributed by atoms with E-state index in [1.165, 1.54) is 0 Å². The van der Waals surface area contributed by atoms with Crippen molar-refractivity contribution in [2.24, 2.45) is 11.5 Å². The molecule has 2 rings (SSSR count). The van der Waals surface area contributed by atoms with E-state index in [4.69, 9.17) is 16.2 Å². The van der Waals surface area contributed by atoms with Crippen molar-refractivity contribution < 1.29 is 9.53 Å². The summed E-state index contributed by atoms with van der Waals surface area (Å²) in [5.41, 5.74) is 13.6. The molecule has 0 bridgehead atoms. The van der Waals surface area contributed by atoms with E-state index < -0.39 is 5.91 Å². The van der Waals surface area contributed by atoms with E-state index in [-0.39, 0.29) is 12.1 Å². The first-order valence-corrected chi connectivity index (χ1v) is 6.80. The van der Waals surface area contributed by atoms with Gasteiger partial charge in [0.15, 0.2) is 0 Å². The highest BCUT2D eigenvalue weighted by Gasteiger charge is 2.27. The Morgan fingerprint density at radius 1 is 1.55 bits per heavy atom. The number of amides is 1. The third-order valence-corrected chi connectivity index (χ3v) is 3.55. The van der Waals surface area contributed by atoms with Crippen LogP contribution in [-0.4, -0.2) is 42.7 Å². The molecule has 1 fully saturated rings. The molecule has 110 valence electrons. The van der Waals surface area contributed by atoms with Crippen LogP contribution in [0.3, 0.4) is 0 Å². The highest BCUT2D eigenvalue weighted by Crippen LogP contribution is 2.24. The number of aryl methyl sites for hydroxylation is 2. The lowest BCUT2D eigenvalue weighted by Crippen LogP contribution is -2.50. The fourth-order valence-electron chi connectivity index (χ4n) is 2.54. The number of carbonyl (C=O) groups excluding carboxylic acids is 1. The van der Waals surface area contributed by atoms with Crippen LogP contribution in [0.4, 0.5) is 5.82 Å². The van der Waals surface area contributed by atoms with E-state index in [9.17, 15) is 4.79 Å². The second-order valence-corrected chi connectivity index (χ2v) is 5.36. The first kappa shape index (κ1) is 14.7. The summed E-state index contributed by atoms with van der Waals surface area (Å²) < 4.78 is 5.64. The van der Waals surface area contributed by atoms with Crippen molar-refractivity contribution in [1.29, 1.82) is 0 Å². The molecule has 0 spiro atoms. The molecule has 1 saturated heterocycles. The summed E-state index contributed by atoms with van der Waals surface area (Å²) in [5.74, 6) is 0.192. The van der Waals surface area contributed by atoms with Crippen LogP contribution < -0.4 is 16.4 Å². The number of carbonyl (C=O) groups is 1. The maximum atomic E-state index is 11.7. The minimum Gasteiger partial charge on any atom is -0.373 e. The van der Waals surface area contributed by atoms with Crippen LogP contribution in [0.2, 0.25) is 0 Å². The number of rotatable bonds is 3. The van der Waals surface area contributed by atoms with Gasteiger partial charge in [-0.25, -0.2) is 4.98 Å². The van der Waals surface area contributed by atoms with Gasteiger partial charge in [-0.3, -0.25) is 4.79 Å². The molecule has 1 aromatic rings. The number of ether oxygens (including phenoxy) is 1. The number of hydrogen-bond donors (Lipinski definition) is 2. The lowest BCUT2D eigenvalue weighted by molar-refractivity contribution is 0.0272. The molecule has 1 aromatic heterocycles. The molecule has 1 amide bonds. The Morgan fingerprint density at radius 2 is 2.25 bits per heavy atom. The topological polar surface area (TPSA) is 94.5 Å². The molecule has 2 unspecified atom stereocenters. The van der Waals surface area contributed by atoms with Crippen molar-refractivity contribution in [2.75, 3.05) is 24.6 Å². The van der Waals surface area contributed by atoms with Crippen molar-refractivity contribution in [3.8, 4) is 0 Å². The fraction of sp³-hybridized carbons (Fsp3) is 0.571. The molecule has 1 aliphatic heterocycles. The zero-order valence-electron chi connectivity index (χ0n) is 12.2. The molecule has 6 heteroatoms. The number of pyridine rings is 1. The average Bonchev–Trinajstić information content (AvgIpc) is 2.37. The van der Waals surface area contributed by atoms with E-state index in [0.717, 1.165) is 11.3 Å². The molecule has 0 saturated carbocycles. The van der Waals surface area contributed by atoms with Gasteiger partial charge in [0.1, 0.15) is 5.82 Å². The second-order valence-electron chi connectivity index (χ2n) is 5.36. The van der Waals surface area contributed by atoms with Crippen molar-refractivity contribution in [3.63, 3.8) is 0 Å². The van der Waals surface area contributed by atoms with Gasteiger partial charge in [-0.15, -0.1) is 0 Å². The van der Waals surface area contributed by atoms with Gasteiger partial charge in [0, 0.05) is 24.8 Å². The highest BCUT2D eigenvalue weighted by atomic mass is 16.5. The Balaban J connectivity index is 2.38. The first-order valence-electron chi connectivity index (χ1n) is 6.80. The zero-order valence-corrected chi connectivity index (χ0v) is 12.2. The molecule has 0 aromatic carbocycles. The van der Waals surface area contributed by atoms with E-state index >= 15 is 0 Å². The number of primary amides is 1. The lowest BCUT2D eigenvalue weighted by atomic mass is 10.1. The Bertz CT molecular complexity index is 516. The summed E-state index contributed by atoms with van der Waals surface area (Å²) in [7, 11) is 0. The number of hydrogen-bond acceptors (Lipinski definition) is 5. The van der Waals surface area contributed by atoms with E-state index in [0.29, 0.717) is 31.1 Å². The van der Waals surface area contributed by atoms with Gasteiger partial charge in [0.25, 0.3) is 5.91 Å². The van der Waals surface area contributed by atoms with Gasteiger partial charge in [-0.2, -0.15) is 0 Å². The van der Waals surface area contributed by atoms with E-state index in [1.54, 1.807) is 0 Å². The molecule has 4 N–H and O–H groups in total. The molecule has 20 heavy (non-hydrogen) atoms. The van der Waals surface area contributed by atoms with E-state index in [2.05, 4.69) is 4.98 Å². The van der Waals surface area contributed by atoms with Crippen LogP contribution in [0.5, 0.6) is 0 Å². The summed E-state index contributed by atoms with van der Waals surface area (Å²) in [6, 6.07) is 1.80. The van der Waals surface area contributed by atoms with Gasteiger partial charge in [0.05, 0.1) is 18.3 Å². The van der Waals surface area contributed by atoms with Gasteiger partial charge in [-0.05, 0) is 32.4 Å². The SMILES string of the molecule is Cc1cc(C)c(C(N)=O)c(N2CCOC(C(C)N)C2)n1. The number of morpholine rings is 1. The average molecular weight is 278 g/mol. The first-order chi connectivity index (χ1) is 9.40. The standard InChI is InChI=1S/C14H22N4O2/c1-8-6-9(2)17-14(12(8)13(16)19)18-4-5-20-11(7-18)10(3)15/h6,10-11H,4-5,7,15H2,1-3H3,(H2,16,19). The smallest absolute Gasteiger partial charge is 0.252 e. The highest BCUT2D eigenvalue weighted by molar-refractivity contribution is 5.99. The number of aromatic nitrogens is 1. The monoisotopic (exact) mass is 278 g/mol. The van der Waals surface area contributed by atoms with Crippen LogP contribution in [0.25, 0.3) is 0 Å². The summed E-state index contributed by atoms with van der Waals surface area (Å²) in [6.45, 7) is 7.57. The molecular formula is C14H22N4O2. The fourth-order valence-corrected chi connectivity index (χ4v) is 2.54. The minimum absolute atomic E-state index is 0.0629. The number of anilines is 1. The van der Waals surface area contributed by atoms with Crippen molar-refractivity contribution in [1.82, 2.24) is 4.98 Å². The van der Waals surface area contributed by atoms with E-state index in [1.807, 2.05) is 31.7 Å². The van der Waals surface area contributed by atoms with Crippen LogP contribution in [-0.2, 0) is 4.74 Å². The molecule has 2 atom stereocenters. The summed E-state index contributed by atoms with van der Waals surface area (Å²) >= 11 is 0. The maximum absolute atomic E-state index is 11.7. The van der Waals surface area contributed by atoms with Gasteiger partial charge < -0.3 is 21.1 Å². The predicted octanol–water partition coefficient (Wildman–Crippen LogP) is 0.350. The number of nitrogens with zero attached hydrogens (tertiary/aromatic N) is 2. The van der Waals surface area contributed by atoms with Gasteiger partial charge >= 0.3 is 0 Å². The van der Waals surface area contributed by atoms with Crippen LogP contribution in [0.15, 0.2) is 6.07 Å². The zero-order chi connectivity index (χ0) is 14.9. The summed E-state index contributed by atoms with van der Waals surface area (Å²) in [5, 5.41) is 0. The quantitative estimate of drug-likeness (QED) is 0.832. The molecule has 6 nitrogen and oxygen atoms in total. The Labute approximate surface area is 119 Å². The normalized spacial score (nSPS) is 20.8. The van der Waals surface area contributed by atoms with Crippen molar-refractivity contribution in [2.45, 2.75) is 32.9 Å². The van der Waals surface area contributed by atoms with Crippen LogP contribution in [0, 0.1) is 13.8 Å². The van der Waals surface area contributed by atoms with Gasteiger partial charge in [-0.1, -0.05) is 0 Å². The largest absolute Gasteiger partial charge is 0.373 e. The molecule has 0 aliphatic carbocycles. The minimum atomic E-state index is -0.450. The van der Waals surface area contributed by atoms with Crippen molar-refractivity contribution in [3.05, 3.63) is 22.9 Å². The third kappa shape index (κ3) is 2.91. The lowest BCUT2D eigenvalue weighted by Gasteiger charge is -2.36. The Kier molecular flexibility index (Phi) is 4.25. The molecule has 1 aliphatic rings. The van der Waals surface area contributed by atoms with Crippen LogP contribution in [0.1, 0.15) is 28.5 Å². The van der Waals surface area contributed by atoms with Crippen molar-refractivity contribution >= 4 is 11.7 Å². The van der Waals surface area contributed by atoms with Crippen LogP contribution >= 0.6 is 0 Å². The third-order valence-electron chi connectivity index (χ3n) is 3.55. The molecule has 2 heterocycles. The number of nitrogens with two attached hydrogens (primary N) is 2. The molecular weight excluding hydrogens is 256 g/mol. The Hall–Kier alpha value is -1.66. The van der Waals surface area contributed by atoms with Gasteiger partial charge in [0.2, 0.25) is 0 Å². The Morgan fingerprint density at radius 3 is 2.85 bits per heavy atom. The molecule has 0 radical (unpaired) electrons. The summed E-state index contributed by atoms with van der Waals surface area (Å²) in [6.07, 6.45) is -0.0629. The predicted molar refractivity (Wildman–Crippen MR) is 77.8 cm³/mol.